The summed E-state index contributed by atoms with van der Waals surface area (Å²) in [6, 6.07) is 18.4. The van der Waals surface area contributed by atoms with E-state index < -0.39 is 5.97 Å². The third kappa shape index (κ3) is 3.63. The van der Waals surface area contributed by atoms with Crippen molar-refractivity contribution in [2.45, 2.75) is 0 Å². The molecule has 0 atom stereocenters. The number of hydrogen-bond donors (Lipinski definition) is 0. The summed E-state index contributed by atoms with van der Waals surface area (Å²) in [5.41, 5.74) is 0.815. The molecule has 0 unspecified atom stereocenters. The summed E-state index contributed by atoms with van der Waals surface area (Å²) >= 11 is 0. The van der Waals surface area contributed by atoms with Gasteiger partial charge < -0.3 is 14.4 Å². The molecule has 0 radical (unpaired) electrons. The highest BCUT2D eigenvalue weighted by Gasteiger charge is 2.11. The standard InChI is InChI=1S/C19H18N2O3/c1-21(2)18-12-17(15-10-6-7-11-16(15)20-18)23-13-19(22)24-14-8-4-3-5-9-14/h3-12H,13H2,1-2H3. The number of esters is 1. The lowest BCUT2D eigenvalue weighted by Crippen LogP contribution is -2.18. The van der Waals surface area contributed by atoms with Crippen LogP contribution in [0.2, 0.25) is 0 Å². The number of para-hydroxylation sites is 2. The fourth-order valence-corrected chi connectivity index (χ4v) is 2.26. The molecule has 5 heteroatoms. The summed E-state index contributed by atoms with van der Waals surface area (Å²) in [7, 11) is 3.81. The van der Waals surface area contributed by atoms with E-state index in [4.69, 9.17) is 9.47 Å². The minimum Gasteiger partial charge on any atom is -0.481 e. The normalized spacial score (nSPS) is 10.4. The van der Waals surface area contributed by atoms with Crippen molar-refractivity contribution in [1.29, 1.82) is 0 Å². The summed E-state index contributed by atoms with van der Waals surface area (Å²) in [5, 5.41) is 0.857. The van der Waals surface area contributed by atoms with Gasteiger partial charge in [-0.25, -0.2) is 9.78 Å². The Morgan fingerprint density at radius 3 is 2.50 bits per heavy atom. The van der Waals surface area contributed by atoms with Crippen LogP contribution in [0, 0.1) is 0 Å². The number of carbonyl (C=O) groups is 1. The van der Waals surface area contributed by atoms with E-state index in [9.17, 15) is 4.79 Å². The van der Waals surface area contributed by atoms with Gasteiger partial charge in [-0.15, -0.1) is 0 Å². The van der Waals surface area contributed by atoms with Gasteiger partial charge in [0.2, 0.25) is 0 Å². The number of ether oxygens (including phenoxy) is 2. The lowest BCUT2D eigenvalue weighted by Gasteiger charge is -2.15. The molecular formula is C19H18N2O3. The number of pyridine rings is 1. The molecule has 0 bridgehead atoms. The molecule has 122 valence electrons. The fourth-order valence-electron chi connectivity index (χ4n) is 2.26. The Bertz CT molecular complexity index is 848. The lowest BCUT2D eigenvalue weighted by molar-refractivity contribution is -0.136. The molecular weight excluding hydrogens is 304 g/mol. The molecule has 1 heterocycles. The van der Waals surface area contributed by atoms with Crippen molar-refractivity contribution in [2.75, 3.05) is 25.6 Å². The van der Waals surface area contributed by atoms with Gasteiger partial charge in [0.1, 0.15) is 17.3 Å². The molecule has 1 aromatic heterocycles. The van der Waals surface area contributed by atoms with Crippen LogP contribution in [0.15, 0.2) is 60.7 Å². The lowest BCUT2D eigenvalue weighted by atomic mass is 10.2. The van der Waals surface area contributed by atoms with Crippen molar-refractivity contribution < 1.29 is 14.3 Å². The van der Waals surface area contributed by atoms with Crippen LogP contribution in [0.5, 0.6) is 11.5 Å². The van der Waals surface area contributed by atoms with Gasteiger partial charge >= 0.3 is 5.97 Å². The van der Waals surface area contributed by atoms with Gasteiger partial charge in [0.15, 0.2) is 6.61 Å². The topological polar surface area (TPSA) is 51.7 Å². The first-order valence-electron chi connectivity index (χ1n) is 7.59. The first-order valence-corrected chi connectivity index (χ1v) is 7.59. The molecule has 0 saturated heterocycles. The molecule has 0 saturated carbocycles. The second-order valence-electron chi connectivity index (χ2n) is 5.47. The van der Waals surface area contributed by atoms with Crippen molar-refractivity contribution >= 4 is 22.7 Å². The highest BCUT2D eigenvalue weighted by Crippen LogP contribution is 2.28. The quantitative estimate of drug-likeness (QED) is 0.533. The van der Waals surface area contributed by atoms with E-state index in [1.165, 1.54) is 0 Å². The van der Waals surface area contributed by atoms with Crippen molar-refractivity contribution in [3.63, 3.8) is 0 Å². The van der Waals surface area contributed by atoms with Gasteiger partial charge in [0.05, 0.1) is 5.52 Å². The van der Waals surface area contributed by atoms with E-state index in [0.717, 1.165) is 16.7 Å². The molecule has 0 aliphatic heterocycles. The second kappa shape index (κ2) is 7.00. The van der Waals surface area contributed by atoms with E-state index in [-0.39, 0.29) is 6.61 Å². The van der Waals surface area contributed by atoms with E-state index >= 15 is 0 Å². The first kappa shape index (κ1) is 15.8. The average Bonchev–Trinajstić information content (AvgIpc) is 2.60. The van der Waals surface area contributed by atoms with Gasteiger partial charge in [0, 0.05) is 25.5 Å². The minimum absolute atomic E-state index is 0.171. The molecule has 0 N–H and O–H groups in total. The smallest absolute Gasteiger partial charge is 0.349 e. The van der Waals surface area contributed by atoms with Crippen LogP contribution in [0.25, 0.3) is 10.9 Å². The van der Waals surface area contributed by atoms with Crippen LogP contribution >= 0.6 is 0 Å². The number of benzene rings is 2. The largest absolute Gasteiger partial charge is 0.481 e. The summed E-state index contributed by atoms with van der Waals surface area (Å²) in [4.78, 5) is 18.4. The molecule has 0 aliphatic carbocycles. The summed E-state index contributed by atoms with van der Waals surface area (Å²) in [6.45, 7) is -0.171. The number of anilines is 1. The minimum atomic E-state index is -0.450. The number of aromatic nitrogens is 1. The molecule has 3 aromatic rings. The van der Waals surface area contributed by atoms with E-state index in [0.29, 0.717) is 11.5 Å². The van der Waals surface area contributed by atoms with Crippen LogP contribution in [0.1, 0.15) is 0 Å². The molecule has 3 rings (SSSR count). The van der Waals surface area contributed by atoms with E-state index in [2.05, 4.69) is 4.98 Å². The third-order valence-electron chi connectivity index (χ3n) is 3.44. The molecule has 0 amide bonds. The highest BCUT2D eigenvalue weighted by molar-refractivity contribution is 5.87. The average molecular weight is 322 g/mol. The van der Waals surface area contributed by atoms with Crippen molar-refractivity contribution in [3.05, 3.63) is 60.7 Å². The summed E-state index contributed by atoms with van der Waals surface area (Å²) in [6.07, 6.45) is 0. The van der Waals surface area contributed by atoms with Crippen molar-refractivity contribution in [1.82, 2.24) is 4.98 Å². The second-order valence-corrected chi connectivity index (χ2v) is 5.47. The predicted octanol–water partition coefficient (Wildman–Crippen LogP) is 3.29. The number of hydrogen-bond acceptors (Lipinski definition) is 5. The molecule has 24 heavy (non-hydrogen) atoms. The Morgan fingerprint density at radius 1 is 1.04 bits per heavy atom. The number of fused-ring (bicyclic) bond motifs is 1. The maximum Gasteiger partial charge on any atom is 0.349 e. The maximum absolute atomic E-state index is 12.0. The van der Waals surface area contributed by atoms with Gasteiger partial charge in [-0.05, 0) is 24.3 Å². The van der Waals surface area contributed by atoms with Crippen LogP contribution < -0.4 is 14.4 Å². The number of nitrogens with zero attached hydrogens (tertiary/aromatic N) is 2. The SMILES string of the molecule is CN(C)c1cc(OCC(=O)Oc2ccccc2)c2ccccc2n1. The van der Waals surface area contributed by atoms with Gasteiger partial charge in [0.25, 0.3) is 0 Å². The summed E-state index contributed by atoms with van der Waals surface area (Å²) in [5.74, 6) is 1.42. The van der Waals surface area contributed by atoms with E-state index in [1.54, 1.807) is 12.1 Å². The van der Waals surface area contributed by atoms with Crippen LogP contribution in [-0.2, 0) is 4.79 Å². The van der Waals surface area contributed by atoms with Crippen LogP contribution in [-0.4, -0.2) is 31.7 Å². The Balaban J connectivity index is 1.78. The predicted molar refractivity (Wildman–Crippen MR) is 93.6 cm³/mol. The molecule has 5 nitrogen and oxygen atoms in total. The maximum atomic E-state index is 12.0. The zero-order valence-corrected chi connectivity index (χ0v) is 13.6. The number of carbonyl (C=O) groups excluding carboxylic acids is 1. The van der Waals surface area contributed by atoms with Crippen LogP contribution in [0.3, 0.4) is 0 Å². The third-order valence-corrected chi connectivity index (χ3v) is 3.44. The molecule has 0 aliphatic rings. The zero-order valence-electron chi connectivity index (χ0n) is 13.6. The fraction of sp³-hybridized carbons (Fsp3) is 0.158. The zero-order chi connectivity index (χ0) is 16.9. The van der Waals surface area contributed by atoms with Gasteiger partial charge in [-0.2, -0.15) is 0 Å². The van der Waals surface area contributed by atoms with Gasteiger partial charge in [-0.3, -0.25) is 0 Å². The molecule has 2 aromatic carbocycles. The molecule has 0 fully saturated rings. The Morgan fingerprint density at radius 2 is 1.75 bits per heavy atom. The van der Waals surface area contributed by atoms with Gasteiger partial charge in [-0.1, -0.05) is 30.3 Å². The van der Waals surface area contributed by atoms with Crippen molar-refractivity contribution in [3.8, 4) is 11.5 Å². The van der Waals surface area contributed by atoms with Crippen molar-refractivity contribution in [2.24, 2.45) is 0 Å². The van der Waals surface area contributed by atoms with Crippen LogP contribution in [0.4, 0.5) is 5.82 Å². The van der Waals surface area contributed by atoms with E-state index in [1.807, 2.05) is 67.5 Å². The molecule has 0 spiro atoms. The number of rotatable bonds is 5. The highest BCUT2D eigenvalue weighted by atomic mass is 16.6. The monoisotopic (exact) mass is 322 g/mol. The Hall–Kier alpha value is -3.08. The Labute approximate surface area is 140 Å². The Kier molecular flexibility index (Phi) is 4.61. The first-order chi connectivity index (χ1) is 11.6. The summed E-state index contributed by atoms with van der Waals surface area (Å²) < 4.78 is 10.9.